The summed E-state index contributed by atoms with van der Waals surface area (Å²) in [5, 5.41) is 2.94. The quantitative estimate of drug-likeness (QED) is 0.873. The number of nitrogens with one attached hydrogen (secondary N) is 1. The van der Waals surface area contributed by atoms with Gasteiger partial charge in [-0.3, -0.25) is 9.59 Å². The van der Waals surface area contributed by atoms with E-state index in [9.17, 15) is 9.59 Å². The smallest absolute Gasteiger partial charge is 0.229 e. The molecule has 2 fully saturated rings. The molecule has 1 aliphatic heterocycles. The maximum absolute atomic E-state index is 12.6. The van der Waals surface area contributed by atoms with Gasteiger partial charge in [-0.1, -0.05) is 26.7 Å². The molecule has 0 aromatic heterocycles. The Morgan fingerprint density at radius 3 is 2.65 bits per heavy atom. The van der Waals surface area contributed by atoms with Crippen LogP contribution in [0.4, 0.5) is 5.69 Å². The highest BCUT2D eigenvalue weighted by molar-refractivity contribution is 5.97. The lowest BCUT2D eigenvalue weighted by Gasteiger charge is -2.40. The molecule has 0 bridgehead atoms. The van der Waals surface area contributed by atoms with E-state index in [4.69, 9.17) is 4.74 Å². The van der Waals surface area contributed by atoms with Crippen LogP contribution in [0.15, 0.2) is 24.3 Å². The van der Waals surface area contributed by atoms with E-state index in [1.165, 1.54) is 12.8 Å². The van der Waals surface area contributed by atoms with Crippen LogP contribution in [0.3, 0.4) is 0 Å². The maximum Gasteiger partial charge on any atom is 0.229 e. The molecule has 3 rings (SSSR count). The Labute approximate surface area is 156 Å². The minimum Gasteiger partial charge on any atom is -0.494 e. The topological polar surface area (TPSA) is 58.6 Å². The summed E-state index contributed by atoms with van der Waals surface area (Å²) in [6, 6.07) is 7.65. The number of ether oxygens (including phenoxy) is 1. The molecule has 142 valence electrons. The van der Waals surface area contributed by atoms with Crippen LogP contribution in [-0.4, -0.2) is 35.9 Å². The van der Waals surface area contributed by atoms with E-state index in [2.05, 4.69) is 19.2 Å². The number of hydrogen-bond acceptors (Lipinski definition) is 3. The van der Waals surface area contributed by atoms with Crippen LogP contribution in [0.1, 0.15) is 46.5 Å². The van der Waals surface area contributed by atoms with Crippen LogP contribution in [-0.2, 0) is 9.59 Å². The van der Waals surface area contributed by atoms with Crippen LogP contribution in [0, 0.1) is 17.8 Å². The predicted octanol–water partition coefficient (Wildman–Crippen LogP) is 3.70. The second-order valence-electron chi connectivity index (χ2n) is 7.73. The highest BCUT2D eigenvalue weighted by atomic mass is 16.5. The predicted molar refractivity (Wildman–Crippen MR) is 102 cm³/mol. The van der Waals surface area contributed by atoms with Crippen molar-refractivity contribution >= 4 is 17.5 Å². The van der Waals surface area contributed by atoms with Crippen molar-refractivity contribution in [3.05, 3.63) is 24.3 Å². The van der Waals surface area contributed by atoms with Gasteiger partial charge in [0, 0.05) is 24.7 Å². The Balaban J connectivity index is 1.60. The van der Waals surface area contributed by atoms with Gasteiger partial charge < -0.3 is 15.0 Å². The van der Waals surface area contributed by atoms with E-state index < -0.39 is 0 Å². The fourth-order valence-electron chi connectivity index (χ4n) is 4.27. The Morgan fingerprint density at radius 2 is 1.96 bits per heavy atom. The van der Waals surface area contributed by atoms with E-state index >= 15 is 0 Å². The average Bonchev–Trinajstić information content (AvgIpc) is 3.01. The fourth-order valence-corrected chi connectivity index (χ4v) is 4.27. The van der Waals surface area contributed by atoms with Crippen molar-refractivity contribution in [1.29, 1.82) is 0 Å². The van der Waals surface area contributed by atoms with Crippen LogP contribution in [0.5, 0.6) is 5.75 Å². The second kappa shape index (κ2) is 8.11. The minimum atomic E-state index is -0.265. The Hall–Kier alpha value is -2.04. The molecule has 1 aliphatic carbocycles. The van der Waals surface area contributed by atoms with Gasteiger partial charge >= 0.3 is 0 Å². The summed E-state index contributed by atoms with van der Waals surface area (Å²) in [4.78, 5) is 27.1. The zero-order valence-electron chi connectivity index (χ0n) is 16.0. The lowest BCUT2D eigenvalue weighted by atomic mass is 9.77. The van der Waals surface area contributed by atoms with Crippen molar-refractivity contribution < 1.29 is 14.3 Å². The highest BCUT2D eigenvalue weighted by Crippen LogP contribution is 2.36. The van der Waals surface area contributed by atoms with Gasteiger partial charge in [-0.05, 0) is 49.4 Å². The van der Waals surface area contributed by atoms with Gasteiger partial charge in [0.2, 0.25) is 11.8 Å². The van der Waals surface area contributed by atoms with Gasteiger partial charge in [0.15, 0.2) is 0 Å². The van der Waals surface area contributed by atoms with Gasteiger partial charge in [0.1, 0.15) is 5.75 Å². The normalized spacial score (nSPS) is 28.9. The molecule has 0 unspecified atom stereocenters. The van der Waals surface area contributed by atoms with Crippen LogP contribution in [0.25, 0.3) is 0 Å². The van der Waals surface area contributed by atoms with Crippen LogP contribution < -0.4 is 10.1 Å². The summed E-state index contributed by atoms with van der Waals surface area (Å²) in [6.07, 6.45) is 3.79. The molecule has 1 saturated carbocycles. The Morgan fingerprint density at radius 1 is 1.23 bits per heavy atom. The van der Waals surface area contributed by atoms with Crippen molar-refractivity contribution in [3.8, 4) is 5.75 Å². The first-order chi connectivity index (χ1) is 12.5. The second-order valence-corrected chi connectivity index (χ2v) is 7.73. The molecule has 1 aromatic rings. The number of benzene rings is 1. The van der Waals surface area contributed by atoms with E-state index in [0.29, 0.717) is 31.4 Å². The van der Waals surface area contributed by atoms with Crippen molar-refractivity contribution in [1.82, 2.24) is 4.90 Å². The van der Waals surface area contributed by atoms with Crippen molar-refractivity contribution in [2.75, 3.05) is 18.5 Å². The average molecular weight is 358 g/mol. The molecule has 4 atom stereocenters. The first-order valence-corrected chi connectivity index (χ1v) is 9.82. The van der Waals surface area contributed by atoms with Crippen LogP contribution >= 0.6 is 0 Å². The monoisotopic (exact) mass is 358 g/mol. The molecular weight excluding hydrogens is 328 g/mol. The summed E-state index contributed by atoms with van der Waals surface area (Å²) in [5.74, 6) is 1.72. The third kappa shape index (κ3) is 4.02. The summed E-state index contributed by atoms with van der Waals surface area (Å²) >= 11 is 0. The zero-order chi connectivity index (χ0) is 18.7. The molecule has 0 spiro atoms. The molecule has 1 N–H and O–H groups in total. The van der Waals surface area contributed by atoms with Gasteiger partial charge in [-0.25, -0.2) is 0 Å². The number of carbonyl (C=O) groups excluding carboxylic acids is 2. The number of rotatable bonds is 5. The van der Waals surface area contributed by atoms with Crippen molar-refractivity contribution in [2.24, 2.45) is 17.8 Å². The van der Waals surface area contributed by atoms with Gasteiger partial charge in [0.05, 0.1) is 12.5 Å². The molecule has 5 nitrogen and oxygen atoms in total. The Kier molecular flexibility index (Phi) is 5.84. The first kappa shape index (κ1) is 18.7. The van der Waals surface area contributed by atoms with Gasteiger partial charge in [-0.2, -0.15) is 0 Å². The molecule has 1 aromatic carbocycles. The SMILES string of the molecule is CCOc1ccc(NC(=O)[C@H]2CC(=O)N([C@@H]3CCC[C@H](C)[C@@H]3C)C2)cc1. The summed E-state index contributed by atoms with van der Waals surface area (Å²) in [7, 11) is 0. The number of amides is 2. The molecule has 1 saturated heterocycles. The fraction of sp³-hybridized carbons (Fsp3) is 0.619. The molecule has 0 radical (unpaired) electrons. The largest absolute Gasteiger partial charge is 0.494 e. The Bertz CT molecular complexity index is 643. The van der Waals surface area contributed by atoms with Gasteiger partial charge in [0.25, 0.3) is 0 Å². The number of likely N-dealkylation sites (tertiary alicyclic amines) is 1. The molecule has 5 heteroatoms. The van der Waals surface area contributed by atoms with Crippen molar-refractivity contribution in [2.45, 2.75) is 52.5 Å². The zero-order valence-corrected chi connectivity index (χ0v) is 16.0. The van der Waals surface area contributed by atoms with E-state index in [-0.39, 0.29) is 23.8 Å². The maximum atomic E-state index is 12.6. The van der Waals surface area contributed by atoms with E-state index in [1.54, 1.807) is 0 Å². The number of anilines is 1. The summed E-state index contributed by atoms with van der Waals surface area (Å²) < 4.78 is 5.42. The minimum absolute atomic E-state index is 0.0680. The third-order valence-corrected chi connectivity index (χ3v) is 6.03. The summed E-state index contributed by atoms with van der Waals surface area (Å²) in [5.41, 5.74) is 0.740. The third-order valence-electron chi connectivity index (χ3n) is 6.03. The van der Waals surface area contributed by atoms with Crippen LogP contribution in [0.2, 0.25) is 0 Å². The van der Waals surface area contributed by atoms with Crippen molar-refractivity contribution in [3.63, 3.8) is 0 Å². The van der Waals surface area contributed by atoms with E-state index in [1.807, 2.05) is 36.1 Å². The molecular formula is C21H30N2O3. The number of carbonyl (C=O) groups is 2. The molecule has 1 heterocycles. The lowest BCUT2D eigenvalue weighted by molar-refractivity contribution is -0.131. The van der Waals surface area contributed by atoms with Gasteiger partial charge in [-0.15, -0.1) is 0 Å². The molecule has 2 aliphatic rings. The highest BCUT2D eigenvalue weighted by Gasteiger charge is 2.41. The first-order valence-electron chi connectivity index (χ1n) is 9.82. The standard InChI is InChI=1S/C21H30N2O3/c1-4-26-18-10-8-17(9-11-18)22-21(25)16-12-20(24)23(13-16)19-7-5-6-14(2)15(19)3/h8-11,14-16,19H,4-7,12-13H2,1-3H3,(H,22,25)/t14-,15-,16-,19+/m0/s1. The summed E-state index contributed by atoms with van der Waals surface area (Å²) in [6.45, 7) is 7.61. The van der Waals surface area contributed by atoms with E-state index in [0.717, 1.165) is 17.9 Å². The molecule has 2 amide bonds. The number of nitrogens with zero attached hydrogens (tertiary/aromatic N) is 1. The number of hydrogen-bond donors (Lipinski definition) is 1. The lowest BCUT2D eigenvalue weighted by Crippen LogP contribution is -2.45. The molecule has 26 heavy (non-hydrogen) atoms.